The van der Waals surface area contributed by atoms with Gasteiger partial charge in [-0.3, -0.25) is 9.59 Å². The zero-order valence-corrected chi connectivity index (χ0v) is 15.8. The van der Waals surface area contributed by atoms with E-state index in [1.54, 1.807) is 0 Å². The molecule has 0 atom stereocenters. The van der Waals surface area contributed by atoms with E-state index in [0.29, 0.717) is 24.9 Å². The quantitative estimate of drug-likeness (QED) is 0.779. The molecule has 2 heterocycles. The first-order valence-electron chi connectivity index (χ1n) is 8.40. The van der Waals surface area contributed by atoms with Gasteiger partial charge in [0.2, 0.25) is 5.91 Å². The number of carbonyl (C=O) groups is 2. The second-order valence-corrected chi connectivity index (χ2v) is 8.23. The van der Waals surface area contributed by atoms with Crippen LogP contribution in [-0.2, 0) is 16.6 Å². The number of amides is 2. The first-order chi connectivity index (χ1) is 11.9. The number of nitrogens with one attached hydrogen (secondary N) is 1. The molecule has 0 saturated heterocycles. The highest BCUT2D eigenvalue weighted by Gasteiger charge is 2.39. The van der Waals surface area contributed by atoms with Gasteiger partial charge in [-0.15, -0.1) is 0 Å². The lowest BCUT2D eigenvalue weighted by Crippen LogP contribution is -2.35. The van der Waals surface area contributed by atoms with Crippen molar-refractivity contribution in [3.8, 4) is 0 Å². The van der Waals surface area contributed by atoms with Gasteiger partial charge >= 0.3 is 0 Å². The Balaban J connectivity index is 1.77. The van der Waals surface area contributed by atoms with Crippen molar-refractivity contribution in [2.24, 2.45) is 0 Å². The summed E-state index contributed by atoms with van der Waals surface area (Å²) in [5.74, 6) is 0.0109. The number of hydrogen-bond acceptors (Lipinski definition) is 2. The van der Waals surface area contributed by atoms with Gasteiger partial charge in [-0.05, 0) is 47.9 Å². The molecule has 2 aliphatic rings. The molecule has 2 aliphatic heterocycles. The second-order valence-electron chi connectivity index (χ2n) is 7.32. The van der Waals surface area contributed by atoms with Crippen LogP contribution < -0.4 is 10.2 Å². The molecular formula is C20H19BrN2O2. The van der Waals surface area contributed by atoms with Crippen molar-refractivity contribution in [1.29, 1.82) is 0 Å². The fourth-order valence-corrected chi connectivity index (χ4v) is 4.16. The third-order valence-electron chi connectivity index (χ3n) is 5.06. The van der Waals surface area contributed by atoms with Crippen LogP contribution in [0.4, 0.5) is 11.4 Å². The van der Waals surface area contributed by atoms with Crippen LogP contribution in [0.5, 0.6) is 0 Å². The Morgan fingerprint density at radius 1 is 1.20 bits per heavy atom. The van der Waals surface area contributed by atoms with Crippen LogP contribution in [0.25, 0.3) is 0 Å². The van der Waals surface area contributed by atoms with E-state index in [4.69, 9.17) is 0 Å². The van der Waals surface area contributed by atoms with Gasteiger partial charge in [-0.1, -0.05) is 35.8 Å². The summed E-state index contributed by atoms with van der Waals surface area (Å²) in [4.78, 5) is 26.8. The molecule has 2 aromatic rings. The summed E-state index contributed by atoms with van der Waals surface area (Å²) in [7, 11) is 0. The van der Waals surface area contributed by atoms with Crippen molar-refractivity contribution in [3.05, 3.63) is 57.6 Å². The lowest BCUT2D eigenvalue weighted by molar-refractivity contribution is -0.116. The minimum absolute atomic E-state index is 0.00199. The van der Waals surface area contributed by atoms with Crippen molar-refractivity contribution in [2.45, 2.75) is 32.1 Å². The van der Waals surface area contributed by atoms with Crippen molar-refractivity contribution in [3.63, 3.8) is 0 Å². The highest BCUT2D eigenvalue weighted by atomic mass is 79.9. The van der Waals surface area contributed by atoms with Gasteiger partial charge in [0.05, 0.1) is 0 Å². The maximum Gasteiger partial charge on any atom is 0.258 e. The predicted molar refractivity (Wildman–Crippen MR) is 102 cm³/mol. The van der Waals surface area contributed by atoms with Crippen LogP contribution in [-0.4, -0.2) is 18.4 Å². The Kier molecular flexibility index (Phi) is 3.72. The maximum atomic E-state index is 13.3. The number of halogens is 1. The summed E-state index contributed by atoms with van der Waals surface area (Å²) in [6, 6.07) is 11.6. The first-order valence-corrected chi connectivity index (χ1v) is 9.20. The molecule has 4 rings (SSSR count). The van der Waals surface area contributed by atoms with Gasteiger partial charge in [0, 0.05) is 39.8 Å². The predicted octanol–water partition coefficient (Wildman–Crippen LogP) is 4.27. The third-order valence-corrected chi connectivity index (χ3v) is 5.55. The smallest absolute Gasteiger partial charge is 0.258 e. The monoisotopic (exact) mass is 398 g/mol. The summed E-state index contributed by atoms with van der Waals surface area (Å²) in [5.41, 5.74) is 4.43. The van der Waals surface area contributed by atoms with Gasteiger partial charge in [0.1, 0.15) is 0 Å². The second kappa shape index (κ2) is 5.70. The Morgan fingerprint density at radius 3 is 2.80 bits per heavy atom. The molecule has 2 amide bonds. The van der Waals surface area contributed by atoms with E-state index in [1.165, 1.54) is 5.56 Å². The Bertz CT molecular complexity index is 905. The average Bonchev–Trinajstić information content (AvgIpc) is 2.84. The molecule has 5 heteroatoms. The summed E-state index contributed by atoms with van der Waals surface area (Å²) >= 11 is 3.53. The van der Waals surface area contributed by atoms with E-state index in [-0.39, 0.29) is 17.2 Å². The molecule has 0 saturated carbocycles. The Hall–Kier alpha value is -2.14. The number of hydrogen-bond donors (Lipinski definition) is 1. The van der Waals surface area contributed by atoms with Crippen molar-refractivity contribution >= 4 is 39.1 Å². The van der Waals surface area contributed by atoms with Crippen LogP contribution in [0.1, 0.15) is 41.8 Å². The molecule has 2 aromatic carbocycles. The fraction of sp³-hybridized carbons (Fsp3) is 0.300. The molecule has 0 aliphatic carbocycles. The van der Waals surface area contributed by atoms with Gasteiger partial charge < -0.3 is 10.2 Å². The minimum Gasteiger partial charge on any atom is -0.326 e. The zero-order chi connectivity index (χ0) is 17.8. The van der Waals surface area contributed by atoms with Gasteiger partial charge in [-0.25, -0.2) is 0 Å². The zero-order valence-electron chi connectivity index (χ0n) is 14.2. The SMILES string of the molecule is CC1(C)CN(C(=O)c2cccc3c2CCC(=O)N3)c2ccc(Br)cc21. The number of nitrogens with zero attached hydrogens (tertiary/aromatic N) is 1. The van der Waals surface area contributed by atoms with Gasteiger partial charge in [0.15, 0.2) is 0 Å². The number of rotatable bonds is 1. The van der Waals surface area contributed by atoms with E-state index >= 15 is 0 Å². The summed E-state index contributed by atoms with van der Waals surface area (Å²) in [6.07, 6.45) is 1.03. The number of benzene rings is 2. The largest absolute Gasteiger partial charge is 0.326 e. The van der Waals surface area contributed by atoms with Crippen molar-refractivity contribution in [2.75, 3.05) is 16.8 Å². The molecule has 0 unspecified atom stereocenters. The maximum absolute atomic E-state index is 13.3. The van der Waals surface area contributed by atoms with Crippen LogP contribution in [0.15, 0.2) is 40.9 Å². The van der Waals surface area contributed by atoms with Gasteiger partial charge in [0.25, 0.3) is 5.91 Å². The average molecular weight is 399 g/mol. The van der Waals surface area contributed by atoms with E-state index in [0.717, 1.165) is 21.4 Å². The molecule has 0 fully saturated rings. The van der Waals surface area contributed by atoms with Crippen LogP contribution in [0.2, 0.25) is 0 Å². The summed E-state index contributed by atoms with van der Waals surface area (Å²) < 4.78 is 1.02. The molecule has 128 valence electrons. The molecule has 1 N–H and O–H groups in total. The Labute approximate surface area is 155 Å². The fourth-order valence-electron chi connectivity index (χ4n) is 3.80. The Morgan fingerprint density at radius 2 is 2.00 bits per heavy atom. The number of anilines is 2. The molecular weight excluding hydrogens is 380 g/mol. The lowest BCUT2D eigenvalue weighted by Gasteiger charge is -2.24. The normalized spacial score (nSPS) is 17.7. The lowest BCUT2D eigenvalue weighted by atomic mass is 9.87. The standard InChI is InChI=1S/C20H19BrN2O2/c1-20(2)11-23(17-8-6-12(21)10-15(17)20)19(25)14-4-3-5-16-13(14)7-9-18(24)22-16/h3-6,8,10H,7,9,11H2,1-2H3,(H,22,24). The van der Waals surface area contributed by atoms with E-state index in [1.807, 2.05) is 35.2 Å². The molecule has 25 heavy (non-hydrogen) atoms. The molecule has 0 aromatic heterocycles. The number of carbonyl (C=O) groups excluding carboxylic acids is 2. The van der Waals surface area contributed by atoms with Crippen LogP contribution >= 0.6 is 15.9 Å². The van der Waals surface area contributed by atoms with Crippen LogP contribution in [0.3, 0.4) is 0 Å². The van der Waals surface area contributed by atoms with E-state index in [9.17, 15) is 9.59 Å². The molecule has 0 bridgehead atoms. The first kappa shape index (κ1) is 16.3. The van der Waals surface area contributed by atoms with E-state index in [2.05, 4.69) is 41.2 Å². The summed E-state index contributed by atoms with van der Waals surface area (Å²) in [6.45, 7) is 4.96. The summed E-state index contributed by atoms with van der Waals surface area (Å²) in [5, 5.41) is 2.87. The number of fused-ring (bicyclic) bond motifs is 2. The van der Waals surface area contributed by atoms with Crippen molar-refractivity contribution in [1.82, 2.24) is 0 Å². The van der Waals surface area contributed by atoms with Gasteiger partial charge in [-0.2, -0.15) is 0 Å². The van der Waals surface area contributed by atoms with E-state index < -0.39 is 0 Å². The topological polar surface area (TPSA) is 49.4 Å². The molecule has 4 nitrogen and oxygen atoms in total. The van der Waals surface area contributed by atoms with Crippen LogP contribution in [0, 0.1) is 0 Å². The molecule has 0 radical (unpaired) electrons. The minimum atomic E-state index is -0.0994. The van der Waals surface area contributed by atoms with Crippen molar-refractivity contribution < 1.29 is 9.59 Å². The highest BCUT2D eigenvalue weighted by Crippen LogP contribution is 2.42. The molecule has 0 spiro atoms. The third kappa shape index (κ3) is 2.67. The highest BCUT2D eigenvalue weighted by molar-refractivity contribution is 9.10.